The second-order valence-corrected chi connectivity index (χ2v) is 6.35. The Hall–Kier alpha value is -0.850. The predicted molar refractivity (Wildman–Crippen MR) is 72.7 cm³/mol. The van der Waals surface area contributed by atoms with Crippen LogP contribution in [0.3, 0.4) is 0 Å². The van der Waals surface area contributed by atoms with Crippen molar-refractivity contribution in [1.29, 1.82) is 0 Å². The fourth-order valence-corrected chi connectivity index (χ4v) is 3.79. The van der Waals surface area contributed by atoms with Gasteiger partial charge in [0, 0.05) is 37.6 Å². The zero-order chi connectivity index (χ0) is 13.9. The second kappa shape index (κ2) is 5.86. The van der Waals surface area contributed by atoms with E-state index in [1.807, 2.05) is 32.3 Å². The largest absolute Gasteiger partial charge is 0.349 e. The highest BCUT2D eigenvalue weighted by Crippen LogP contribution is 2.20. The zero-order valence-electron chi connectivity index (χ0n) is 11.5. The highest BCUT2D eigenvalue weighted by Gasteiger charge is 2.27. The van der Waals surface area contributed by atoms with Gasteiger partial charge in [-0.05, 0) is 26.8 Å². The van der Waals surface area contributed by atoms with Gasteiger partial charge in [-0.2, -0.15) is 4.31 Å². The van der Waals surface area contributed by atoms with Gasteiger partial charge in [0.15, 0.2) is 0 Å². The fourth-order valence-electron chi connectivity index (χ4n) is 2.08. The van der Waals surface area contributed by atoms with Gasteiger partial charge in [0.2, 0.25) is 10.0 Å². The van der Waals surface area contributed by atoms with E-state index in [0.29, 0.717) is 18.0 Å². The Bertz CT molecular complexity index is 470. The molecule has 0 bridgehead atoms. The number of aryl methyl sites for hydroxylation is 1. The predicted octanol–water partition coefficient (Wildman–Crippen LogP) is 1.39. The fraction of sp³-hybridized carbons (Fsp3) is 0.667. The van der Waals surface area contributed by atoms with E-state index in [9.17, 15) is 8.42 Å². The zero-order valence-corrected chi connectivity index (χ0v) is 12.4. The van der Waals surface area contributed by atoms with E-state index in [-0.39, 0.29) is 6.04 Å². The van der Waals surface area contributed by atoms with Gasteiger partial charge >= 0.3 is 0 Å². The first-order valence-corrected chi connectivity index (χ1v) is 7.73. The molecule has 1 aromatic heterocycles. The molecule has 0 spiro atoms. The van der Waals surface area contributed by atoms with Gasteiger partial charge in [0.25, 0.3) is 0 Å². The van der Waals surface area contributed by atoms with Crippen LogP contribution in [0.15, 0.2) is 17.2 Å². The maximum absolute atomic E-state index is 12.5. The number of aromatic nitrogens is 1. The minimum absolute atomic E-state index is 0.0497. The smallest absolute Gasteiger partial charge is 0.244 e. The van der Waals surface area contributed by atoms with E-state index in [1.54, 1.807) is 12.3 Å². The van der Waals surface area contributed by atoms with Crippen LogP contribution >= 0.6 is 0 Å². The van der Waals surface area contributed by atoms with Gasteiger partial charge in [0.05, 0.1) is 0 Å². The number of hydrogen-bond acceptors (Lipinski definition) is 3. The van der Waals surface area contributed by atoms with Gasteiger partial charge in [-0.25, -0.2) is 8.42 Å². The first-order valence-electron chi connectivity index (χ1n) is 6.29. The van der Waals surface area contributed by atoms with Crippen LogP contribution in [0, 0.1) is 0 Å². The van der Waals surface area contributed by atoms with E-state index in [4.69, 9.17) is 5.73 Å². The van der Waals surface area contributed by atoms with E-state index in [1.165, 1.54) is 4.31 Å². The molecule has 0 saturated carbocycles. The number of sulfonamides is 1. The number of rotatable bonds is 6. The van der Waals surface area contributed by atoms with Crippen LogP contribution in [0.1, 0.15) is 33.4 Å². The summed E-state index contributed by atoms with van der Waals surface area (Å²) >= 11 is 0. The molecule has 0 aliphatic carbocycles. The molecule has 18 heavy (non-hydrogen) atoms. The monoisotopic (exact) mass is 273 g/mol. The van der Waals surface area contributed by atoms with Crippen molar-refractivity contribution in [2.45, 2.75) is 51.7 Å². The van der Waals surface area contributed by atoms with Crippen LogP contribution in [-0.2, 0) is 23.1 Å². The van der Waals surface area contributed by atoms with Crippen molar-refractivity contribution >= 4 is 10.0 Å². The Morgan fingerprint density at radius 3 is 2.33 bits per heavy atom. The Kier molecular flexibility index (Phi) is 4.95. The lowest BCUT2D eigenvalue weighted by atomic mass is 10.4. The summed E-state index contributed by atoms with van der Waals surface area (Å²) in [6, 6.07) is 1.62. The SMILES string of the molecule is CCN(C(C)C)S(=O)(=O)c1cc(CN)n(CC)c1. The summed E-state index contributed by atoms with van der Waals surface area (Å²) in [5.41, 5.74) is 6.47. The topological polar surface area (TPSA) is 68.3 Å². The van der Waals surface area contributed by atoms with E-state index >= 15 is 0 Å². The molecular weight excluding hydrogens is 250 g/mol. The standard InChI is InChI=1S/C12H23N3O2S/c1-5-14-9-12(7-11(14)8-13)18(16,17)15(6-2)10(3)4/h7,9-10H,5-6,8,13H2,1-4H3. The number of hydrogen-bond donors (Lipinski definition) is 1. The minimum atomic E-state index is -3.42. The van der Waals surface area contributed by atoms with Crippen LogP contribution in [0.5, 0.6) is 0 Å². The molecule has 0 aliphatic rings. The van der Waals surface area contributed by atoms with Crippen molar-refractivity contribution < 1.29 is 8.42 Å². The number of nitrogens with zero attached hydrogens (tertiary/aromatic N) is 2. The lowest BCUT2D eigenvalue weighted by molar-refractivity contribution is 0.369. The molecule has 0 saturated heterocycles. The van der Waals surface area contributed by atoms with Crippen molar-refractivity contribution in [3.63, 3.8) is 0 Å². The van der Waals surface area contributed by atoms with Gasteiger partial charge in [-0.3, -0.25) is 0 Å². The molecule has 6 heteroatoms. The van der Waals surface area contributed by atoms with Gasteiger partial charge in [0.1, 0.15) is 4.90 Å². The summed E-state index contributed by atoms with van der Waals surface area (Å²) in [6.45, 7) is 9.10. The summed E-state index contributed by atoms with van der Waals surface area (Å²) in [6.07, 6.45) is 1.67. The van der Waals surface area contributed by atoms with Crippen molar-refractivity contribution in [3.05, 3.63) is 18.0 Å². The Balaban J connectivity index is 3.23. The Morgan fingerprint density at radius 2 is 2.00 bits per heavy atom. The summed E-state index contributed by atoms with van der Waals surface area (Å²) in [4.78, 5) is 0.334. The second-order valence-electron chi connectivity index (χ2n) is 4.46. The Labute approximate surface area is 110 Å². The molecule has 1 aromatic rings. The third-order valence-corrected chi connectivity index (χ3v) is 5.12. The van der Waals surface area contributed by atoms with Crippen molar-refractivity contribution in [1.82, 2.24) is 8.87 Å². The summed E-state index contributed by atoms with van der Waals surface area (Å²) < 4.78 is 28.3. The van der Waals surface area contributed by atoms with Crippen LogP contribution in [0.25, 0.3) is 0 Å². The average Bonchev–Trinajstić information content (AvgIpc) is 2.72. The molecule has 5 nitrogen and oxygen atoms in total. The molecule has 0 atom stereocenters. The van der Waals surface area contributed by atoms with Crippen LogP contribution in [0.2, 0.25) is 0 Å². The first-order chi connectivity index (χ1) is 8.38. The van der Waals surface area contributed by atoms with E-state index in [2.05, 4.69) is 0 Å². The van der Waals surface area contributed by atoms with Crippen molar-refractivity contribution in [2.24, 2.45) is 5.73 Å². The average molecular weight is 273 g/mol. The summed E-state index contributed by atoms with van der Waals surface area (Å²) in [5.74, 6) is 0. The first kappa shape index (κ1) is 15.2. The highest BCUT2D eigenvalue weighted by molar-refractivity contribution is 7.89. The molecule has 0 aliphatic heterocycles. The molecule has 0 fully saturated rings. The molecule has 1 rings (SSSR count). The van der Waals surface area contributed by atoms with Gasteiger partial charge < -0.3 is 10.3 Å². The van der Waals surface area contributed by atoms with Crippen LogP contribution in [-0.4, -0.2) is 29.9 Å². The minimum Gasteiger partial charge on any atom is -0.349 e. The molecular formula is C12H23N3O2S. The van der Waals surface area contributed by atoms with E-state index in [0.717, 1.165) is 12.2 Å². The summed E-state index contributed by atoms with van der Waals surface area (Å²) in [7, 11) is -3.42. The maximum atomic E-state index is 12.5. The molecule has 1 heterocycles. The quantitative estimate of drug-likeness (QED) is 0.851. The maximum Gasteiger partial charge on any atom is 0.244 e. The summed E-state index contributed by atoms with van der Waals surface area (Å²) in [5, 5.41) is 0. The third kappa shape index (κ3) is 2.76. The normalized spacial score (nSPS) is 12.6. The Morgan fingerprint density at radius 1 is 1.39 bits per heavy atom. The van der Waals surface area contributed by atoms with Crippen molar-refractivity contribution in [3.8, 4) is 0 Å². The molecule has 0 aromatic carbocycles. The molecule has 2 N–H and O–H groups in total. The van der Waals surface area contributed by atoms with Crippen LogP contribution in [0.4, 0.5) is 0 Å². The number of nitrogens with two attached hydrogens (primary N) is 1. The molecule has 104 valence electrons. The third-order valence-electron chi connectivity index (χ3n) is 3.00. The lowest BCUT2D eigenvalue weighted by Gasteiger charge is -2.23. The lowest BCUT2D eigenvalue weighted by Crippen LogP contribution is -2.36. The molecule has 0 unspecified atom stereocenters. The molecule has 0 radical (unpaired) electrons. The van der Waals surface area contributed by atoms with Crippen molar-refractivity contribution in [2.75, 3.05) is 6.54 Å². The van der Waals surface area contributed by atoms with E-state index < -0.39 is 10.0 Å². The highest BCUT2D eigenvalue weighted by atomic mass is 32.2. The van der Waals surface area contributed by atoms with Crippen LogP contribution < -0.4 is 5.73 Å². The van der Waals surface area contributed by atoms with Gasteiger partial charge in [-0.15, -0.1) is 0 Å². The van der Waals surface area contributed by atoms with Gasteiger partial charge in [-0.1, -0.05) is 6.92 Å². The molecule has 0 amide bonds.